The van der Waals surface area contributed by atoms with Crippen LogP contribution >= 0.6 is 0 Å². The van der Waals surface area contributed by atoms with Gasteiger partial charge in [0.25, 0.3) is 0 Å². The third-order valence-corrected chi connectivity index (χ3v) is 7.17. The number of halogens is 1. The van der Waals surface area contributed by atoms with Crippen molar-refractivity contribution in [3.63, 3.8) is 0 Å². The number of rotatable bonds is 9. The van der Waals surface area contributed by atoms with E-state index in [-0.39, 0.29) is 30.7 Å². The minimum atomic E-state index is -0.297. The van der Waals surface area contributed by atoms with E-state index in [1.807, 2.05) is 31.6 Å². The summed E-state index contributed by atoms with van der Waals surface area (Å²) in [5.41, 5.74) is 5.12. The molecule has 1 fully saturated rings. The van der Waals surface area contributed by atoms with Crippen LogP contribution in [0.25, 0.3) is 11.1 Å². The number of hydrogen-bond acceptors (Lipinski definition) is 6. The van der Waals surface area contributed by atoms with Crippen LogP contribution in [0.3, 0.4) is 0 Å². The van der Waals surface area contributed by atoms with Crippen LogP contribution in [-0.4, -0.2) is 43.8 Å². The summed E-state index contributed by atoms with van der Waals surface area (Å²) in [5, 5.41) is 12.1. The normalized spacial score (nSPS) is 14.8. The van der Waals surface area contributed by atoms with Gasteiger partial charge in [-0.25, -0.2) is 4.39 Å². The summed E-state index contributed by atoms with van der Waals surface area (Å²) >= 11 is 0. The van der Waals surface area contributed by atoms with Crippen LogP contribution in [0.15, 0.2) is 67.3 Å². The van der Waals surface area contributed by atoms with Gasteiger partial charge in [0.1, 0.15) is 18.2 Å². The molecule has 0 saturated carbocycles. The molecular weight excluding hydrogens is 481 g/mol. The van der Waals surface area contributed by atoms with Gasteiger partial charge in [0.15, 0.2) is 5.78 Å². The first-order chi connectivity index (χ1) is 18.5. The average Bonchev–Trinajstić information content (AvgIpc) is 3.39. The van der Waals surface area contributed by atoms with Gasteiger partial charge >= 0.3 is 0 Å². The number of nitrogens with zero attached hydrogens (tertiary/aromatic N) is 5. The Hall–Kier alpha value is -3.91. The summed E-state index contributed by atoms with van der Waals surface area (Å²) in [6.45, 7) is 4.51. The number of ether oxygens (including phenoxy) is 1. The van der Waals surface area contributed by atoms with Crippen molar-refractivity contribution in [2.24, 2.45) is 7.05 Å². The van der Waals surface area contributed by atoms with Gasteiger partial charge in [-0.3, -0.25) is 14.4 Å². The number of aryl methyl sites for hydroxylation is 1. The molecule has 196 valence electrons. The number of benzene rings is 2. The Morgan fingerprint density at radius 3 is 2.50 bits per heavy atom. The van der Waals surface area contributed by atoms with E-state index in [9.17, 15) is 9.18 Å². The molecule has 0 radical (unpaired) electrons. The van der Waals surface area contributed by atoms with Crippen LogP contribution in [0.2, 0.25) is 0 Å². The zero-order valence-electron chi connectivity index (χ0n) is 21.8. The number of carbonyl (C=O) groups excluding carboxylic acids is 1. The van der Waals surface area contributed by atoms with E-state index in [0.717, 1.165) is 40.9 Å². The first kappa shape index (κ1) is 25.7. The molecule has 3 heterocycles. The van der Waals surface area contributed by atoms with Gasteiger partial charge in [0.2, 0.25) is 0 Å². The largest absolute Gasteiger partial charge is 0.488 e. The summed E-state index contributed by atoms with van der Waals surface area (Å²) < 4.78 is 21.5. The first-order valence-corrected chi connectivity index (χ1v) is 13.0. The maximum absolute atomic E-state index is 13.7. The Morgan fingerprint density at radius 2 is 1.82 bits per heavy atom. The molecule has 1 saturated heterocycles. The summed E-state index contributed by atoms with van der Waals surface area (Å²) in [5.74, 6) is 0.149. The molecule has 2 aromatic carbocycles. The maximum atomic E-state index is 13.7. The van der Waals surface area contributed by atoms with Crippen molar-refractivity contribution >= 4 is 5.78 Å². The molecule has 0 spiro atoms. The zero-order chi connectivity index (χ0) is 26.5. The van der Waals surface area contributed by atoms with Crippen LogP contribution < -0.4 is 4.74 Å². The predicted octanol–water partition coefficient (Wildman–Crippen LogP) is 5.57. The lowest BCUT2D eigenvalue weighted by molar-refractivity contribution is 0.0988. The molecule has 1 aliphatic rings. The minimum Gasteiger partial charge on any atom is -0.488 e. The molecule has 4 aromatic rings. The van der Waals surface area contributed by atoms with Gasteiger partial charge in [-0.2, -0.15) is 15.3 Å². The number of likely N-dealkylation sites (tertiary alicyclic amines) is 1. The molecule has 0 amide bonds. The van der Waals surface area contributed by atoms with E-state index in [0.29, 0.717) is 11.3 Å². The van der Waals surface area contributed by atoms with Crippen molar-refractivity contribution < 1.29 is 13.9 Å². The third kappa shape index (κ3) is 5.97. The molecule has 0 aliphatic carbocycles. The highest BCUT2D eigenvalue weighted by molar-refractivity contribution is 6.01. The van der Waals surface area contributed by atoms with Gasteiger partial charge in [-0.15, -0.1) is 0 Å². The molecule has 2 aromatic heterocycles. The fourth-order valence-electron chi connectivity index (χ4n) is 5.04. The van der Waals surface area contributed by atoms with Crippen molar-refractivity contribution in [2.45, 2.75) is 45.3 Å². The number of aromatic nitrogens is 4. The highest BCUT2D eigenvalue weighted by atomic mass is 19.1. The SMILES string of the molecule is CC(c1cc(OCc2ccc(F)cc2)c(C(=O)Cc2ccnnc2)cc1-c1cnn(C)c1)N1CCCCC1. The molecule has 0 N–H and O–H groups in total. The van der Waals surface area contributed by atoms with E-state index < -0.39 is 0 Å². The fraction of sp³-hybridized carbons (Fsp3) is 0.333. The van der Waals surface area contributed by atoms with Crippen molar-refractivity contribution in [2.75, 3.05) is 13.1 Å². The first-order valence-electron chi connectivity index (χ1n) is 13.0. The molecule has 0 bridgehead atoms. The minimum absolute atomic E-state index is 0.0746. The van der Waals surface area contributed by atoms with Crippen molar-refractivity contribution in [3.05, 3.63) is 95.3 Å². The molecule has 38 heavy (non-hydrogen) atoms. The van der Waals surface area contributed by atoms with Crippen LogP contribution in [0.1, 0.15) is 59.3 Å². The van der Waals surface area contributed by atoms with Crippen molar-refractivity contribution in [1.82, 2.24) is 24.9 Å². The Morgan fingerprint density at radius 1 is 1.03 bits per heavy atom. The summed E-state index contributed by atoms with van der Waals surface area (Å²) in [6.07, 6.45) is 10.8. The van der Waals surface area contributed by atoms with E-state index in [1.54, 1.807) is 35.3 Å². The second kappa shape index (κ2) is 11.6. The lowest BCUT2D eigenvalue weighted by Crippen LogP contribution is -2.32. The predicted molar refractivity (Wildman–Crippen MR) is 143 cm³/mol. The number of Topliss-reactive ketones (excluding diaryl/α,β-unsaturated/α-hetero) is 1. The molecule has 1 unspecified atom stereocenters. The van der Waals surface area contributed by atoms with Gasteiger partial charge < -0.3 is 4.74 Å². The van der Waals surface area contributed by atoms with Crippen molar-refractivity contribution in [1.29, 1.82) is 0 Å². The van der Waals surface area contributed by atoms with Crippen molar-refractivity contribution in [3.8, 4) is 16.9 Å². The number of carbonyl (C=O) groups is 1. The monoisotopic (exact) mass is 513 g/mol. The maximum Gasteiger partial charge on any atom is 0.171 e. The average molecular weight is 514 g/mol. The topological polar surface area (TPSA) is 73.1 Å². The fourth-order valence-corrected chi connectivity index (χ4v) is 5.04. The lowest BCUT2D eigenvalue weighted by atomic mass is 9.90. The second-order valence-electron chi connectivity index (χ2n) is 9.88. The van der Waals surface area contributed by atoms with Gasteiger partial charge in [0.05, 0.1) is 18.0 Å². The lowest BCUT2D eigenvalue weighted by Gasteiger charge is -2.34. The summed E-state index contributed by atoms with van der Waals surface area (Å²) in [7, 11) is 1.89. The van der Waals surface area contributed by atoms with E-state index in [1.165, 1.54) is 31.4 Å². The Bertz CT molecular complexity index is 1380. The molecule has 8 heteroatoms. The van der Waals surface area contributed by atoms with Crippen LogP contribution in [0.5, 0.6) is 5.75 Å². The highest BCUT2D eigenvalue weighted by Crippen LogP contribution is 2.38. The molecule has 7 nitrogen and oxygen atoms in total. The third-order valence-electron chi connectivity index (χ3n) is 7.17. The van der Waals surface area contributed by atoms with Gasteiger partial charge in [0, 0.05) is 37.5 Å². The van der Waals surface area contributed by atoms with E-state index in [4.69, 9.17) is 4.74 Å². The van der Waals surface area contributed by atoms with E-state index in [2.05, 4.69) is 27.1 Å². The number of piperidine rings is 1. The van der Waals surface area contributed by atoms with Gasteiger partial charge in [-0.05, 0) is 85.4 Å². The number of hydrogen-bond donors (Lipinski definition) is 0. The smallest absolute Gasteiger partial charge is 0.171 e. The standard InChI is InChI=1S/C30H32FN5O2/c1-21(36-12-4-3-5-13-36)26-16-30(38-20-22-6-8-25(31)9-7-22)28(15-27(26)24-18-34-35(2)19-24)29(37)14-23-10-11-32-33-17-23/h6-11,15-19,21H,3-5,12-14,20H2,1-2H3. The second-order valence-corrected chi connectivity index (χ2v) is 9.88. The Kier molecular flexibility index (Phi) is 7.89. The molecule has 5 rings (SSSR count). The molecule has 1 atom stereocenters. The van der Waals surface area contributed by atoms with Crippen LogP contribution in [0, 0.1) is 5.82 Å². The zero-order valence-corrected chi connectivity index (χ0v) is 21.8. The summed E-state index contributed by atoms with van der Waals surface area (Å²) in [6, 6.07) is 12.1. The number of ketones is 1. The summed E-state index contributed by atoms with van der Waals surface area (Å²) in [4.78, 5) is 16.1. The quantitative estimate of drug-likeness (QED) is 0.273. The van der Waals surface area contributed by atoms with Crippen LogP contribution in [0.4, 0.5) is 4.39 Å². The molecular formula is C30H32FN5O2. The van der Waals surface area contributed by atoms with Crippen LogP contribution in [-0.2, 0) is 20.1 Å². The van der Waals surface area contributed by atoms with E-state index >= 15 is 0 Å². The van der Waals surface area contributed by atoms with Gasteiger partial charge in [-0.1, -0.05) is 18.6 Å². The Balaban J connectivity index is 1.57. The molecule has 1 aliphatic heterocycles. The Labute approximate surface area is 222 Å². The highest BCUT2D eigenvalue weighted by Gasteiger charge is 2.25.